The van der Waals surface area contributed by atoms with E-state index in [9.17, 15) is 13.6 Å². The predicted molar refractivity (Wildman–Crippen MR) is 52.3 cm³/mol. The zero-order chi connectivity index (χ0) is 12.3. The zero-order valence-corrected chi connectivity index (χ0v) is 8.96. The summed E-state index contributed by atoms with van der Waals surface area (Å²) in [4.78, 5) is 14.5. The molecule has 88 valence electrons. The number of aromatic carboxylic acids is 1. The Balaban J connectivity index is 3.53. The van der Waals surface area contributed by atoms with Crippen LogP contribution in [-0.4, -0.2) is 23.2 Å². The van der Waals surface area contributed by atoms with Gasteiger partial charge in [-0.05, 0) is 0 Å². The lowest BCUT2D eigenvalue weighted by molar-refractivity contribution is 0.0681. The van der Waals surface area contributed by atoms with Gasteiger partial charge in [0.25, 0.3) is 6.43 Å². The Labute approximate surface area is 94.8 Å². The average molecular weight is 252 g/mol. The van der Waals surface area contributed by atoms with Crippen LogP contribution in [0.2, 0.25) is 0 Å². The minimum absolute atomic E-state index is 0.106. The summed E-state index contributed by atoms with van der Waals surface area (Å²) in [6, 6.07) is 0. The van der Waals surface area contributed by atoms with Gasteiger partial charge in [-0.15, -0.1) is 11.6 Å². The highest BCUT2D eigenvalue weighted by Gasteiger charge is 2.26. The molecule has 0 aliphatic carbocycles. The second-order valence-electron chi connectivity index (χ2n) is 2.80. The first-order valence-electron chi connectivity index (χ1n) is 4.16. The van der Waals surface area contributed by atoms with Gasteiger partial charge in [0, 0.05) is 0 Å². The van der Waals surface area contributed by atoms with Crippen molar-refractivity contribution in [2.45, 2.75) is 12.3 Å². The van der Waals surface area contributed by atoms with E-state index in [0.717, 1.165) is 13.3 Å². The quantitative estimate of drug-likeness (QED) is 0.835. The van der Waals surface area contributed by atoms with E-state index in [0.29, 0.717) is 0 Å². The minimum Gasteiger partial charge on any atom is -0.495 e. The van der Waals surface area contributed by atoms with Gasteiger partial charge in [-0.3, -0.25) is 4.98 Å². The van der Waals surface area contributed by atoms with Crippen molar-refractivity contribution in [1.82, 2.24) is 4.98 Å². The number of alkyl halides is 3. The Morgan fingerprint density at radius 1 is 1.69 bits per heavy atom. The van der Waals surface area contributed by atoms with Crippen molar-refractivity contribution >= 4 is 17.6 Å². The van der Waals surface area contributed by atoms with Gasteiger partial charge >= 0.3 is 5.97 Å². The van der Waals surface area contributed by atoms with E-state index in [1.165, 1.54) is 0 Å². The van der Waals surface area contributed by atoms with Crippen LogP contribution >= 0.6 is 11.6 Å². The third-order valence-corrected chi connectivity index (χ3v) is 2.19. The van der Waals surface area contributed by atoms with Gasteiger partial charge in [0.1, 0.15) is 5.75 Å². The van der Waals surface area contributed by atoms with Crippen LogP contribution in [-0.2, 0) is 5.88 Å². The van der Waals surface area contributed by atoms with Crippen molar-refractivity contribution in [3.05, 3.63) is 23.0 Å². The van der Waals surface area contributed by atoms with E-state index in [1.54, 1.807) is 0 Å². The first-order valence-corrected chi connectivity index (χ1v) is 4.69. The molecule has 0 saturated carbocycles. The largest absolute Gasteiger partial charge is 0.495 e. The van der Waals surface area contributed by atoms with Crippen LogP contribution in [0, 0.1) is 0 Å². The summed E-state index contributed by atoms with van der Waals surface area (Å²) in [5.41, 5.74) is -1.39. The Hall–Kier alpha value is -1.43. The Morgan fingerprint density at radius 3 is 2.69 bits per heavy atom. The highest BCUT2D eigenvalue weighted by molar-refractivity contribution is 6.17. The number of methoxy groups -OCH3 is 1. The van der Waals surface area contributed by atoms with E-state index in [4.69, 9.17) is 16.7 Å². The van der Waals surface area contributed by atoms with Crippen LogP contribution in [0.15, 0.2) is 6.20 Å². The molecule has 1 heterocycles. The average Bonchev–Trinajstić information content (AvgIpc) is 2.26. The number of nitrogens with zero attached hydrogens (tertiary/aromatic N) is 1. The summed E-state index contributed by atoms with van der Waals surface area (Å²) in [5.74, 6) is -2.02. The third-order valence-electron chi connectivity index (χ3n) is 1.94. The molecule has 0 saturated heterocycles. The van der Waals surface area contributed by atoms with Crippen LogP contribution in [0.5, 0.6) is 5.75 Å². The second kappa shape index (κ2) is 5.07. The van der Waals surface area contributed by atoms with Crippen LogP contribution in [0.4, 0.5) is 8.78 Å². The standard InChI is InChI=1S/C9H8ClF2NO3/c1-16-5-3-13-4(2-10)6(9(14)15)7(5)8(11)12/h3,8H,2H2,1H3,(H,14,15). The first kappa shape index (κ1) is 12.6. The minimum atomic E-state index is -2.97. The van der Waals surface area contributed by atoms with Gasteiger partial charge in [-0.2, -0.15) is 0 Å². The fourth-order valence-corrected chi connectivity index (χ4v) is 1.47. The summed E-state index contributed by atoms with van der Waals surface area (Å²) in [5, 5.41) is 8.86. The summed E-state index contributed by atoms with van der Waals surface area (Å²) >= 11 is 5.44. The molecule has 1 aromatic heterocycles. The van der Waals surface area contributed by atoms with E-state index in [2.05, 4.69) is 9.72 Å². The van der Waals surface area contributed by atoms with E-state index < -0.39 is 23.5 Å². The Kier molecular flexibility index (Phi) is 4.00. The molecule has 4 nitrogen and oxygen atoms in total. The molecule has 0 aromatic carbocycles. The smallest absolute Gasteiger partial charge is 0.338 e. The second-order valence-corrected chi connectivity index (χ2v) is 3.07. The number of halogens is 3. The molecule has 0 aliphatic heterocycles. The fourth-order valence-electron chi connectivity index (χ4n) is 1.27. The van der Waals surface area contributed by atoms with Crippen LogP contribution in [0.25, 0.3) is 0 Å². The molecule has 1 N–H and O–H groups in total. The summed E-state index contributed by atoms with van der Waals surface area (Å²) < 4.78 is 30.1. The van der Waals surface area contributed by atoms with Gasteiger partial charge in [0.2, 0.25) is 0 Å². The molecule has 0 spiro atoms. The molecular weight excluding hydrogens is 244 g/mol. The Morgan fingerprint density at radius 2 is 2.31 bits per heavy atom. The number of carbonyl (C=O) groups is 1. The molecule has 0 unspecified atom stereocenters. The monoisotopic (exact) mass is 251 g/mol. The number of carboxylic acid groups (broad SMARTS) is 1. The molecule has 0 aliphatic rings. The maximum atomic E-state index is 12.7. The van der Waals surface area contributed by atoms with Crippen molar-refractivity contribution in [1.29, 1.82) is 0 Å². The van der Waals surface area contributed by atoms with Gasteiger partial charge in [0.05, 0.1) is 36.0 Å². The predicted octanol–water partition coefficient (Wildman–Crippen LogP) is 2.46. The van der Waals surface area contributed by atoms with Crippen LogP contribution in [0.1, 0.15) is 28.0 Å². The molecule has 0 bridgehead atoms. The highest BCUT2D eigenvalue weighted by atomic mass is 35.5. The number of carboxylic acids is 1. The molecular formula is C9H8ClF2NO3. The van der Waals surface area contributed by atoms with Crippen molar-refractivity contribution in [3.8, 4) is 5.75 Å². The molecule has 1 aromatic rings. The lowest BCUT2D eigenvalue weighted by Gasteiger charge is -2.12. The lowest BCUT2D eigenvalue weighted by Crippen LogP contribution is -2.10. The highest BCUT2D eigenvalue weighted by Crippen LogP contribution is 2.33. The van der Waals surface area contributed by atoms with Crippen LogP contribution in [0.3, 0.4) is 0 Å². The molecule has 16 heavy (non-hydrogen) atoms. The van der Waals surface area contributed by atoms with Crippen molar-refractivity contribution in [3.63, 3.8) is 0 Å². The van der Waals surface area contributed by atoms with Crippen molar-refractivity contribution < 1.29 is 23.4 Å². The first-order chi connectivity index (χ1) is 7.52. The number of ether oxygens (including phenoxy) is 1. The van der Waals surface area contributed by atoms with E-state index in [1.807, 2.05) is 0 Å². The maximum absolute atomic E-state index is 12.7. The van der Waals surface area contributed by atoms with Crippen molar-refractivity contribution in [2.75, 3.05) is 7.11 Å². The van der Waals surface area contributed by atoms with E-state index in [-0.39, 0.29) is 17.3 Å². The fraction of sp³-hybridized carbons (Fsp3) is 0.333. The van der Waals surface area contributed by atoms with Gasteiger partial charge < -0.3 is 9.84 Å². The number of hydrogen-bond acceptors (Lipinski definition) is 3. The number of pyridine rings is 1. The topological polar surface area (TPSA) is 59.4 Å². The molecule has 7 heteroatoms. The maximum Gasteiger partial charge on any atom is 0.338 e. The molecule has 0 amide bonds. The summed E-state index contributed by atoms with van der Waals surface area (Å²) in [6.07, 6.45) is -1.93. The number of rotatable bonds is 4. The van der Waals surface area contributed by atoms with Crippen LogP contribution < -0.4 is 4.74 Å². The van der Waals surface area contributed by atoms with Gasteiger partial charge in [-0.25, -0.2) is 13.6 Å². The summed E-state index contributed by atoms with van der Waals surface area (Å²) in [6.45, 7) is 0. The molecule has 0 atom stereocenters. The molecule has 1 rings (SSSR count). The zero-order valence-electron chi connectivity index (χ0n) is 8.21. The molecule has 0 fully saturated rings. The van der Waals surface area contributed by atoms with Gasteiger partial charge in [0.15, 0.2) is 0 Å². The number of hydrogen-bond donors (Lipinski definition) is 1. The number of aromatic nitrogens is 1. The SMILES string of the molecule is COc1cnc(CCl)c(C(=O)O)c1C(F)F. The Bertz CT molecular complexity index is 412. The van der Waals surface area contributed by atoms with Crippen molar-refractivity contribution in [2.24, 2.45) is 0 Å². The normalized spacial score (nSPS) is 10.6. The molecule has 0 radical (unpaired) electrons. The third kappa shape index (κ3) is 2.21. The van der Waals surface area contributed by atoms with Gasteiger partial charge in [-0.1, -0.05) is 0 Å². The lowest BCUT2D eigenvalue weighted by atomic mass is 10.1. The summed E-state index contributed by atoms with van der Waals surface area (Å²) in [7, 11) is 1.16. The van der Waals surface area contributed by atoms with E-state index >= 15 is 0 Å².